The van der Waals surface area contributed by atoms with Gasteiger partial charge in [-0.2, -0.15) is 0 Å². The fourth-order valence-corrected chi connectivity index (χ4v) is 3.20. The molecule has 0 spiro atoms. The Kier molecular flexibility index (Phi) is 4.46. The van der Waals surface area contributed by atoms with Gasteiger partial charge in [-0.05, 0) is 44.8 Å². The third-order valence-electron chi connectivity index (χ3n) is 4.27. The Bertz CT molecular complexity index is 639. The van der Waals surface area contributed by atoms with Gasteiger partial charge in [0.1, 0.15) is 0 Å². The minimum atomic E-state index is -0.434. The van der Waals surface area contributed by atoms with E-state index in [1.807, 2.05) is 12.1 Å². The number of anilines is 2. The molecule has 1 atom stereocenters. The van der Waals surface area contributed by atoms with Crippen LogP contribution in [0.1, 0.15) is 23.7 Å². The predicted octanol–water partition coefficient (Wildman–Crippen LogP) is 3.37. The summed E-state index contributed by atoms with van der Waals surface area (Å²) in [5.41, 5.74) is 4.61. The van der Waals surface area contributed by atoms with Crippen molar-refractivity contribution in [2.24, 2.45) is 0 Å². The number of aliphatic hydroxyl groups is 1. The average molecular weight is 296 g/mol. The molecule has 22 heavy (non-hydrogen) atoms. The zero-order valence-corrected chi connectivity index (χ0v) is 13.4. The largest absolute Gasteiger partial charge is 0.388 e. The lowest BCUT2D eigenvalue weighted by Gasteiger charge is -2.27. The van der Waals surface area contributed by atoms with Crippen LogP contribution in [-0.4, -0.2) is 37.2 Å². The SMILES string of the molecule is CN(C)CCCN1c2ccccc2C[C@H](O)c2ccccc21. The van der Waals surface area contributed by atoms with Gasteiger partial charge in [0.15, 0.2) is 0 Å². The highest BCUT2D eigenvalue weighted by Crippen LogP contribution is 2.39. The van der Waals surface area contributed by atoms with Crippen molar-refractivity contribution >= 4 is 11.4 Å². The highest BCUT2D eigenvalue weighted by molar-refractivity contribution is 5.71. The number of rotatable bonds is 4. The second-order valence-electron chi connectivity index (χ2n) is 6.22. The molecule has 3 nitrogen and oxygen atoms in total. The van der Waals surface area contributed by atoms with Crippen LogP contribution < -0.4 is 4.90 Å². The van der Waals surface area contributed by atoms with E-state index in [0.29, 0.717) is 6.42 Å². The molecule has 0 unspecified atom stereocenters. The van der Waals surface area contributed by atoms with Gasteiger partial charge in [0.2, 0.25) is 0 Å². The van der Waals surface area contributed by atoms with Crippen molar-refractivity contribution in [3.05, 3.63) is 59.7 Å². The van der Waals surface area contributed by atoms with E-state index in [4.69, 9.17) is 0 Å². The molecule has 0 radical (unpaired) electrons. The summed E-state index contributed by atoms with van der Waals surface area (Å²) in [6, 6.07) is 16.7. The Morgan fingerprint density at radius 1 is 1.05 bits per heavy atom. The van der Waals surface area contributed by atoms with Crippen molar-refractivity contribution < 1.29 is 5.11 Å². The third-order valence-corrected chi connectivity index (χ3v) is 4.27. The molecule has 0 saturated carbocycles. The van der Waals surface area contributed by atoms with Gasteiger partial charge in [0.05, 0.1) is 6.10 Å². The van der Waals surface area contributed by atoms with E-state index in [9.17, 15) is 5.11 Å². The van der Waals surface area contributed by atoms with Crippen LogP contribution in [0.4, 0.5) is 11.4 Å². The average Bonchev–Trinajstić information content (AvgIpc) is 2.63. The van der Waals surface area contributed by atoms with Gasteiger partial charge in [-0.3, -0.25) is 0 Å². The Hall–Kier alpha value is -1.84. The zero-order chi connectivity index (χ0) is 15.5. The summed E-state index contributed by atoms with van der Waals surface area (Å²) in [6.45, 7) is 2.02. The van der Waals surface area contributed by atoms with E-state index in [0.717, 1.165) is 30.8 Å². The Morgan fingerprint density at radius 2 is 1.73 bits per heavy atom. The van der Waals surface area contributed by atoms with Gasteiger partial charge in [-0.25, -0.2) is 0 Å². The molecule has 1 aliphatic heterocycles. The van der Waals surface area contributed by atoms with Crippen LogP contribution >= 0.6 is 0 Å². The number of para-hydroxylation sites is 2. The van der Waals surface area contributed by atoms with Crippen LogP contribution in [0.15, 0.2) is 48.5 Å². The van der Waals surface area contributed by atoms with Gasteiger partial charge in [-0.1, -0.05) is 36.4 Å². The first kappa shape index (κ1) is 15.1. The molecule has 3 rings (SSSR count). The number of hydrogen-bond donors (Lipinski definition) is 1. The molecule has 0 aromatic heterocycles. The van der Waals surface area contributed by atoms with Gasteiger partial charge < -0.3 is 14.9 Å². The second-order valence-corrected chi connectivity index (χ2v) is 6.22. The first-order valence-electron chi connectivity index (χ1n) is 7.94. The topological polar surface area (TPSA) is 26.7 Å². The maximum absolute atomic E-state index is 10.6. The maximum atomic E-state index is 10.6. The summed E-state index contributed by atoms with van der Waals surface area (Å²) >= 11 is 0. The molecular formula is C19H24N2O. The van der Waals surface area contributed by atoms with Crippen LogP contribution in [0, 0.1) is 0 Å². The second kappa shape index (κ2) is 6.51. The summed E-state index contributed by atoms with van der Waals surface area (Å²) in [4.78, 5) is 4.58. The quantitative estimate of drug-likeness (QED) is 0.937. The lowest BCUT2D eigenvalue weighted by Crippen LogP contribution is -2.24. The number of hydrogen-bond acceptors (Lipinski definition) is 3. The molecule has 0 amide bonds. The fourth-order valence-electron chi connectivity index (χ4n) is 3.20. The predicted molar refractivity (Wildman–Crippen MR) is 91.7 cm³/mol. The van der Waals surface area contributed by atoms with Crippen molar-refractivity contribution in [3.63, 3.8) is 0 Å². The lowest BCUT2D eigenvalue weighted by atomic mass is 10.0. The highest BCUT2D eigenvalue weighted by atomic mass is 16.3. The van der Waals surface area contributed by atoms with Crippen molar-refractivity contribution in [2.45, 2.75) is 18.9 Å². The van der Waals surface area contributed by atoms with Gasteiger partial charge in [0.25, 0.3) is 0 Å². The smallest absolute Gasteiger partial charge is 0.0851 e. The van der Waals surface area contributed by atoms with Crippen molar-refractivity contribution in [2.75, 3.05) is 32.1 Å². The van der Waals surface area contributed by atoms with Crippen molar-refractivity contribution in [1.82, 2.24) is 4.90 Å². The molecule has 0 aliphatic carbocycles. The molecular weight excluding hydrogens is 272 g/mol. The first-order valence-corrected chi connectivity index (χ1v) is 7.94. The standard InChI is InChI=1S/C19H24N2O/c1-20(2)12-7-13-21-17-10-5-3-8-15(17)14-19(22)16-9-4-6-11-18(16)21/h3-6,8-11,19,22H,7,12-14H2,1-2H3/t19-/m0/s1. The Balaban J connectivity index is 2.00. The first-order chi connectivity index (χ1) is 10.7. The number of fused-ring (bicyclic) bond motifs is 2. The Labute approximate surface area is 132 Å². The monoisotopic (exact) mass is 296 g/mol. The molecule has 0 saturated heterocycles. The van der Waals surface area contributed by atoms with E-state index in [1.54, 1.807) is 0 Å². The van der Waals surface area contributed by atoms with Crippen LogP contribution in [0.5, 0.6) is 0 Å². The van der Waals surface area contributed by atoms with Gasteiger partial charge >= 0.3 is 0 Å². The molecule has 2 aromatic carbocycles. The molecule has 3 heteroatoms. The zero-order valence-electron chi connectivity index (χ0n) is 13.4. The normalized spacial score (nSPS) is 17.1. The number of benzene rings is 2. The van der Waals surface area contributed by atoms with E-state index in [1.165, 1.54) is 11.3 Å². The summed E-state index contributed by atoms with van der Waals surface area (Å²) < 4.78 is 0. The lowest BCUT2D eigenvalue weighted by molar-refractivity contribution is 0.180. The van der Waals surface area contributed by atoms with Crippen LogP contribution in [-0.2, 0) is 6.42 Å². The fraction of sp³-hybridized carbons (Fsp3) is 0.368. The maximum Gasteiger partial charge on any atom is 0.0851 e. The van der Waals surface area contributed by atoms with Crippen molar-refractivity contribution in [1.29, 1.82) is 0 Å². The van der Waals surface area contributed by atoms with E-state index in [-0.39, 0.29) is 0 Å². The highest BCUT2D eigenvalue weighted by Gasteiger charge is 2.24. The van der Waals surface area contributed by atoms with Crippen LogP contribution in [0.25, 0.3) is 0 Å². The van der Waals surface area contributed by atoms with Gasteiger partial charge in [-0.15, -0.1) is 0 Å². The minimum absolute atomic E-state index is 0.434. The molecule has 116 valence electrons. The van der Waals surface area contributed by atoms with Crippen LogP contribution in [0.2, 0.25) is 0 Å². The molecule has 2 aromatic rings. The summed E-state index contributed by atoms with van der Waals surface area (Å²) in [6.07, 6.45) is 1.33. The molecule has 1 N–H and O–H groups in total. The van der Waals surface area contributed by atoms with E-state index >= 15 is 0 Å². The van der Waals surface area contributed by atoms with Crippen LogP contribution in [0.3, 0.4) is 0 Å². The van der Waals surface area contributed by atoms with Gasteiger partial charge in [0, 0.05) is 29.9 Å². The van der Waals surface area contributed by atoms with E-state index in [2.05, 4.69) is 60.3 Å². The summed E-state index contributed by atoms with van der Waals surface area (Å²) in [5.74, 6) is 0. The molecule has 0 bridgehead atoms. The molecule has 1 heterocycles. The number of aliphatic hydroxyl groups excluding tert-OH is 1. The molecule has 0 fully saturated rings. The minimum Gasteiger partial charge on any atom is -0.388 e. The van der Waals surface area contributed by atoms with Crippen molar-refractivity contribution in [3.8, 4) is 0 Å². The molecule has 1 aliphatic rings. The third kappa shape index (κ3) is 3.01. The Morgan fingerprint density at radius 3 is 2.50 bits per heavy atom. The number of nitrogens with zero attached hydrogens (tertiary/aromatic N) is 2. The summed E-state index contributed by atoms with van der Waals surface area (Å²) in [5, 5.41) is 10.6. The van der Waals surface area contributed by atoms with E-state index < -0.39 is 6.10 Å². The summed E-state index contributed by atoms with van der Waals surface area (Å²) in [7, 11) is 4.21.